The van der Waals surface area contributed by atoms with E-state index >= 15 is 0 Å². The quantitative estimate of drug-likeness (QED) is 0.290. The minimum atomic E-state index is -3.50. The lowest BCUT2D eigenvalue weighted by Crippen LogP contribution is -2.79. The zero-order valence-corrected chi connectivity index (χ0v) is 18.5. The topological polar surface area (TPSA) is 66.0 Å². The fourth-order valence-corrected chi connectivity index (χ4v) is 3.44. The maximum Gasteiger partial charge on any atom is 0.134 e. The molecule has 0 rings (SSSR count). The van der Waals surface area contributed by atoms with Crippen molar-refractivity contribution in [2.24, 2.45) is 0 Å². The molecule has 0 amide bonds. The lowest BCUT2D eigenvalue weighted by molar-refractivity contribution is -0.627. The molecule has 0 aromatic carbocycles. The Morgan fingerprint density at radius 1 is 0.760 bits per heavy atom. The summed E-state index contributed by atoms with van der Waals surface area (Å²) < 4.78 is 15.5. The average Bonchev–Trinajstić information content (AvgIpc) is 2.61. The predicted molar refractivity (Wildman–Crippen MR) is 108 cm³/mol. The van der Waals surface area contributed by atoms with Gasteiger partial charge in [-0.3, -0.25) is 0 Å². The summed E-state index contributed by atoms with van der Waals surface area (Å²) in [5.74, 6) is 0. The van der Waals surface area contributed by atoms with Crippen molar-refractivity contribution >= 4 is 7.60 Å². The standard InChI is InChI=1S/C15H33O3P.C5H13N/c1-3-4-5-6-7-8-9-10-11-12-13-14-15-19(16,17)18-2;1-3-4-5-6-2/h3-15H2,1-2H3,(H,16,17);6H,3-5H2,1-2H3. The van der Waals surface area contributed by atoms with Gasteiger partial charge in [0.2, 0.25) is 0 Å². The smallest absolute Gasteiger partial charge is 0.134 e. The highest BCUT2D eigenvalue weighted by Gasteiger charge is 2.04. The third kappa shape index (κ3) is 26.4. The van der Waals surface area contributed by atoms with Gasteiger partial charge in [-0.05, 0) is 12.8 Å². The summed E-state index contributed by atoms with van der Waals surface area (Å²) in [6.07, 6.45) is 17.9. The van der Waals surface area contributed by atoms with Gasteiger partial charge in [-0.1, -0.05) is 90.9 Å². The molecule has 0 spiro atoms. The van der Waals surface area contributed by atoms with Crippen LogP contribution in [0.1, 0.15) is 104 Å². The number of hydrogen-bond acceptors (Lipinski definition) is 3. The molecule has 0 fully saturated rings. The summed E-state index contributed by atoms with van der Waals surface area (Å²) in [6, 6.07) is 0. The van der Waals surface area contributed by atoms with E-state index in [1.807, 2.05) is 0 Å². The minimum Gasteiger partial charge on any atom is -0.779 e. The van der Waals surface area contributed by atoms with E-state index in [9.17, 15) is 9.46 Å². The van der Waals surface area contributed by atoms with Crippen LogP contribution in [0.25, 0.3) is 0 Å². The maximum atomic E-state index is 11.1. The van der Waals surface area contributed by atoms with Crippen LogP contribution in [-0.4, -0.2) is 26.9 Å². The molecule has 1 unspecified atom stereocenters. The summed E-state index contributed by atoms with van der Waals surface area (Å²) >= 11 is 0. The van der Waals surface area contributed by atoms with E-state index in [2.05, 4.69) is 30.7 Å². The third-order valence-corrected chi connectivity index (χ3v) is 5.83. The normalized spacial score (nSPS) is 13.2. The number of unbranched alkanes of at least 4 members (excludes halogenated alkanes) is 12. The lowest BCUT2D eigenvalue weighted by atomic mass is 10.1. The molecule has 25 heavy (non-hydrogen) atoms. The molecule has 2 N–H and O–H groups in total. The van der Waals surface area contributed by atoms with E-state index in [1.165, 1.54) is 84.3 Å². The van der Waals surface area contributed by atoms with E-state index < -0.39 is 7.60 Å². The van der Waals surface area contributed by atoms with Crippen molar-refractivity contribution in [2.75, 3.05) is 26.9 Å². The Hall–Kier alpha value is 0.110. The van der Waals surface area contributed by atoms with E-state index in [-0.39, 0.29) is 6.16 Å². The van der Waals surface area contributed by atoms with Crippen molar-refractivity contribution in [1.29, 1.82) is 0 Å². The van der Waals surface area contributed by atoms with Crippen LogP contribution in [0.15, 0.2) is 0 Å². The third-order valence-electron chi connectivity index (χ3n) is 4.41. The molecular formula is C20H46NO3P. The zero-order chi connectivity index (χ0) is 19.2. The second-order valence-electron chi connectivity index (χ2n) is 6.96. The van der Waals surface area contributed by atoms with Gasteiger partial charge in [0.15, 0.2) is 0 Å². The molecule has 154 valence electrons. The van der Waals surface area contributed by atoms with Gasteiger partial charge < -0.3 is 19.3 Å². The van der Waals surface area contributed by atoms with Crippen molar-refractivity contribution in [1.82, 2.24) is 0 Å². The van der Waals surface area contributed by atoms with Crippen LogP contribution in [0.5, 0.6) is 0 Å². The van der Waals surface area contributed by atoms with Crippen LogP contribution in [-0.2, 0) is 9.09 Å². The zero-order valence-electron chi connectivity index (χ0n) is 17.6. The van der Waals surface area contributed by atoms with E-state index in [0.29, 0.717) is 0 Å². The van der Waals surface area contributed by atoms with Crippen LogP contribution in [0.2, 0.25) is 0 Å². The first-order chi connectivity index (χ1) is 12.0. The molecule has 0 bridgehead atoms. The highest BCUT2D eigenvalue weighted by Crippen LogP contribution is 2.36. The number of quaternary nitrogens is 1. The van der Waals surface area contributed by atoms with Gasteiger partial charge in [-0.2, -0.15) is 0 Å². The van der Waals surface area contributed by atoms with Crippen LogP contribution in [0.3, 0.4) is 0 Å². The molecule has 1 atom stereocenters. The Morgan fingerprint density at radius 3 is 1.48 bits per heavy atom. The van der Waals surface area contributed by atoms with Gasteiger partial charge in [-0.25, -0.2) is 0 Å². The molecule has 0 aliphatic rings. The van der Waals surface area contributed by atoms with Gasteiger partial charge in [-0.15, -0.1) is 0 Å². The Balaban J connectivity index is 0. The fourth-order valence-electron chi connectivity index (χ4n) is 2.65. The molecule has 0 radical (unpaired) electrons. The Morgan fingerprint density at radius 2 is 1.16 bits per heavy atom. The molecule has 4 nitrogen and oxygen atoms in total. The lowest BCUT2D eigenvalue weighted by Gasteiger charge is -2.20. The van der Waals surface area contributed by atoms with Crippen molar-refractivity contribution in [3.8, 4) is 0 Å². The molecule has 0 saturated heterocycles. The Bertz CT molecular complexity index is 284. The SMILES string of the molecule is CCCCCCCCCCCCCCP(=O)([O-])OC.CCCC[NH2+]C. The summed E-state index contributed by atoms with van der Waals surface area (Å²) in [4.78, 5) is 11.1. The number of hydrogen-bond donors (Lipinski definition) is 1. The second kappa shape index (κ2) is 22.2. The molecule has 0 saturated carbocycles. The fraction of sp³-hybridized carbons (Fsp3) is 1.00. The van der Waals surface area contributed by atoms with Crippen molar-refractivity contribution < 1.29 is 19.3 Å². The molecule has 0 aliphatic carbocycles. The van der Waals surface area contributed by atoms with Gasteiger partial charge in [0.1, 0.15) is 7.60 Å². The Labute approximate surface area is 158 Å². The average molecular weight is 380 g/mol. The monoisotopic (exact) mass is 379 g/mol. The minimum absolute atomic E-state index is 0.195. The first-order valence-corrected chi connectivity index (χ1v) is 12.4. The molecule has 0 aromatic heterocycles. The van der Waals surface area contributed by atoms with Gasteiger partial charge in [0.25, 0.3) is 0 Å². The van der Waals surface area contributed by atoms with Gasteiger partial charge in [0, 0.05) is 13.3 Å². The van der Waals surface area contributed by atoms with Crippen LogP contribution in [0, 0.1) is 0 Å². The summed E-state index contributed by atoms with van der Waals surface area (Å²) in [7, 11) is -0.152. The van der Waals surface area contributed by atoms with Crippen LogP contribution in [0.4, 0.5) is 0 Å². The largest absolute Gasteiger partial charge is 0.779 e. The predicted octanol–water partition coefficient (Wildman–Crippen LogP) is 4.87. The van der Waals surface area contributed by atoms with Crippen molar-refractivity contribution in [3.05, 3.63) is 0 Å². The van der Waals surface area contributed by atoms with Gasteiger partial charge >= 0.3 is 0 Å². The van der Waals surface area contributed by atoms with Gasteiger partial charge in [0.05, 0.1) is 13.6 Å². The molecule has 0 heterocycles. The van der Waals surface area contributed by atoms with Crippen molar-refractivity contribution in [3.63, 3.8) is 0 Å². The number of rotatable bonds is 17. The first kappa shape index (κ1) is 27.3. The van der Waals surface area contributed by atoms with E-state index in [4.69, 9.17) is 0 Å². The summed E-state index contributed by atoms with van der Waals surface area (Å²) in [5.41, 5.74) is 0. The molecule has 5 heteroatoms. The van der Waals surface area contributed by atoms with Crippen LogP contribution >= 0.6 is 7.60 Å². The maximum absolute atomic E-state index is 11.1. The molecule has 0 aromatic rings. The molecular weight excluding hydrogens is 333 g/mol. The summed E-state index contributed by atoms with van der Waals surface area (Å²) in [6.45, 7) is 5.75. The first-order valence-electron chi connectivity index (χ1n) is 10.7. The highest BCUT2D eigenvalue weighted by molar-refractivity contribution is 7.51. The van der Waals surface area contributed by atoms with Crippen molar-refractivity contribution in [2.45, 2.75) is 104 Å². The molecule has 0 aliphatic heterocycles. The summed E-state index contributed by atoms with van der Waals surface area (Å²) in [5, 5.41) is 2.21. The van der Waals surface area contributed by atoms with E-state index in [1.54, 1.807) is 0 Å². The van der Waals surface area contributed by atoms with E-state index in [0.717, 1.165) is 19.3 Å². The second-order valence-corrected chi connectivity index (χ2v) is 8.99. The highest BCUT2D eigenvalue weighted by atomic mass is 31.2. The Kier molecular flexibility index (Phi) is 24.2. The number of nitrogens with two attached hydrogens (primary N) is 1. The van der Waals surface area contributed by atoms with Crippen LogP contribution < -0.4 is 10.2 Å².